The Bertz CT molecular complexity index is 651. The molecule has 23 heavy (non-hydrogen) atoms. The summed E-state index contributed by atoms with van der Waals surface area (Å²) in [5, 5.41) is 7.08. The fourth-order valence-electron chi connectivity index (χ4n) is 2.71. The van der Waals surface area contributed by atoms with Crippen LogP contribution in [0.4, 0.5) is 5.69 Å². The van der Waals surface area contributed by atoms with E-state index in [1.54, 1.807) is 6.20 Å². The molecule has 1 aromatic heterocycles. The second kappa shape index (κ2) is 7.57. The highest BCUT2D eigenvalue weighted by atomic mass is 32.2. The van der Waals surface area contributed by atoms with Gasteiger partial charge in [0.15, 0.2) is 0 Å². The molecule has 0 unspecified atom stereocenters. The zero-order chi connectivity index (χ0) is 16.1. The van der Waals surface area contributed by atoms with Crippen molar-refractivity contribution in [2.24, 2.45) is 0 Å². The van der Waals surface area contributed by atoms with E-state index in [1.165, 1.54) is 36.4 Å². The molecule has 6 heteroatoms. The predicted molar refractivity (Wildman–Crippen MR) is 93.1 cm³/mol. The summed E-state index contributed by atoms with van der Waals surface area (Å²) in [5.74, 6) is 0.329. The lowest BCUT2D eigenvalue weighted by atomic mass is 9.92. The zero-order valence-corrected chi connectivity index (χ0v) is 13.9. The third-order valence-corrected chi connectivity index (χ3v) is 4.64. The summed E-state index contributed by atoms with van der Waals surface area (Å²) in [4.78, 5) is 20.5. The number of hydrogen-bond acceptors (Lipinski definition) is 5. The van der Waals surface area contributed by atoms with Crippen LogP contribution >= 0.6 is 11.8 Å². The van der Waals surface area contributed by atoms with Crippen molar-refractivity contribution in [1.29, 1.82) is 0 Å². The number of thioether (sulfide) groups is 1. The third kappa shape index (κ3) is 4.09. The molecule has 1 aromatic carbocycles. The molecule has 5 nitrogen and oxygen atoms in total. The number of nitrogens with zero attached hydrogens (tertiary/aromatic N) is 2. The third-order valence-electron chi connectivity index (χ3n) is 4.01. The number of carbonyl (C=O) groups is 1. The van der Waals surface area contributed by atoms with Gasteiger partial charge < -0.3 is 10.6 Å². The van der Waals surface area contributed by atoms with Gasteiger partial charge in [-0.15, -0.1) is 11.8 Å². The van der Waals surface area contributed by atoms with Crippen molar-refractivity contribution in [2.75, 3.05) is 24.7 Å². The molecule has 2 heterocycles. The van der Waals surface area contributed by atoms with Crippen molar-refractivity contribution in [2.45, 2.75) is 23.8 Å². The second-order valence-electron chi connectivity index (χ2n) is 5.56. The van der Waals surface area contributed by atoms with Gasteiger partial charge in [-0.3, -0.25) is 4.79 Å². The van der Waals surface area contributed by atoms with Crippen LogP contribution in [0.25, 0.3) is 0 Å². The minimum Gasteiger partial charge on any atom is -0.321 e. The Morgan fingerprint density at radius 3 is 2.70 bits per heavy atom. The number of amides is 1. The molecule has 1 amide bonds. The Morgan fingerprint density at radius 2 is 2.09 bits per heavy atom. The van der Waals surface area contributed by atoms with E-state index in [-0.39, 0.29) is 5.91 Å². The minimum atomic E-state index is -0.239. The molecule has 1 aliphatic heterocycles. The normalized spacial score (nSPS) is 17.7. The van der Waals surface area contributed by atoms with Crippen LogP contribution in [0.1, 0.15) is 34.8 Å². The van der Waals surface area contributed by atoms with Crippen molar-refractivity contribution < 1.29 is 4.79 Å². The number of piperidine rings is 1. The molecular formula is C17H20N4OS. The van der Waals surface area contributed by atoms with Crippen LogP contribution in [-0.2, 0) is 0 Å². The van der Waals surface area contributed by atoms with E-state index in [1.807, 2.05) is 18.4 Å². The molecule has 1 fully saturated rings. The van der Waals surface area contributed by atoms with E-state index in [9.17, 15) is 4.79 Å². The second-order valence-corrected chi connectivity index (χ2v) is 6.39. The van der Waals surface area contributed by atoms with E-state index in [2.05, 4.69) is 32.7 Å². The highest BCUT2D eigenvalue weighted by Gasteiger charge is 2.15. The SMILES string of the molecule is CSc1cnc(C(=O)Nc2ccc([C@@H]3CCCNC3)cc2)cn1. The molecule has 120 valence electrons. The maximum Gasteiger partial charge on any atom is 0.275 e. The van der Waals surface area contributed by atoms with Gasteiger partial charge in [-0.1, -0.05) is 12.1 Å². The number of benzene rings is 1. The first kappa shape index (κ1) is 16.0. The van der Waals surface area contributed by atoms with Crippen LogP contribution in [0, 0.1) is 0 Å². The minimum absolute atomic E-state index is 0.239. The first-order valence-corrected chi connectivity index (χ1v) is 8.97. The van der Waals surface area contributed by atoms with Crippen LogP contribution in [0.5, 0.6) is 0 Å². The summed E-state index contributed by atoms with van der Waals surface area (Å²) < 4.78 is 0. The van der Waals surface area contributed by atoms with Crippen molar-refractivity contribution in [3.8, 4) is 0 Å². The lowest BCUT2D eigenvalue weighted by molar-refractivity contribution is 0.102. The largest absolute Gasteiger partial charge is 0.321 e. The van der Waals surface area contributed by atoms with Gasteiger partial charge in [-0.25, -0.2) is 9.97 Å². The molecule has 0 radical (unpaired) electrons. The van der Waals surface area contributed by atoms with Crippen molar-refractivity contribution in [3.63, 3.8) is 0 Å². The van der Waals surface area contributed by atoms with E-state index in [0.29, 0.717) is 11.6 Å². The average Bonchev–Trinajstić information content (AvgIpc) is 2.63. The summed E-state index contributed by atoms with van der Waals surface area (Å²) in [5.41, 5.74) is 2.42. The Hall–Kier alpha value is -1.92. The molecule has 1 aliphatic rings. The standard InChI is InChI=1S/C17H20N4OS/c1-23-16-11-19-15(10-20-16)17(22)21-14-6-4-12(5-7-14)13-3-2-8-18-9-13/h4-7,10-11,13,18H,2-3,8-9H2,1H3,(H,21,22)/t13-/m1/s1. The Labute approximate surface area is 140 Å². The van der Waals surface area contributed by atoms with Gasteiger partial charge in [0.2, 0.25) is 0 Å². The quantitative estimate of drug-likeness (QED) is 0.845. The average molecular weight is 328 g/mol. The van der Waals surface area contributed by atoms with Crippen molar-refractivity contribution >= 4 is 23.4 Å². The van der Waals surface area contributed by atoms with Crippen molar-refractivity contribution in [3.05, 3.63) is 47.9 Å². The van der Waals surface area contributed by atoms with Crippen LogP contribution in [-0.4, -0.2) is 35.2 Å². The Morgan fingerprint density at radius 1 is 1.26 bits per heavy atom. The highest BCUT2D eigenvalue weighted by Crippen LogP contribution is 2.24. The fourth-order valence-corrected chi connectivity index (χ4v) is 3.03. The van der Waals surface area contributed by atoms with Gasteiger partial charge in [0.05, 0.1) is 12.4 Å². The molecule has 0 saturated carbocycles. The van der Waals surface area contributed by atoms with Gasteiger partial charge in [-0.2, -0.15) is 0 Å². The highest BCUT2D eigenvalue weighted by molar-refractivity contribution is 7.98. The molecule has 0 spiro atoms. The molecule has 0 aliphatic carbocycles. The fraction of sp³-hybridized carbons (Fsp3) is 0.353. The topological polar surface area (TPSA) is 66.9 Å². The molecule has 2 N–H and O–H groups in total. The predicted octanol–water partition coefficient (Wildman–Crippen LogP) is 2.92. The lowest BCUT2D eigenvalue weighted by Gasteiger charge is -2.23. The number of rotatable bonds is 4. The van der Waals surface area contributed by atoms with E-state index in [0.717, 1.165) is 23.8 Å². The molecule has 3 rings (SSSR count). The number of anilines is 1. The molecule has 0 bridgehead atoms. The van der Waals surface area contributed by atoms with Crippen LogP contribution in [0.3, 0.4) is 0 Å². The van der Waals surface area contributed by atoms with Gasteiger partial charge in [-0.05, 0) is 49.3 Å². The van der Waals surface area contributed by atoms with Gasteiger partial charge in [0.25, 0.3) is 5.91 Å². The molecule has 1 saturated heterocycles. The summed E-state index contributed by atoms with van der Waals surface area (Å²) in [7, 11) is 0. The summed E-state index contributed by atoms with van der Waals surface area (Å²) >= 11 is 1.50. The van der Waals surface area contributed by atoms with Gasteiger partial charge in [0.1, 0.15) is 10.7 Å². The molecule has 1 atom stereocenters. The number of aromatic nitrogens is 2. The van der Waals surface area contributed by atoms with Gasteiger partial charge in [0, 0.05) is 12.2 Å². The summed E-state index contributed by atoms with van der Waals surface area (Å²) in [6.07, 6.45) is 7.47. The zero-order valence-electron chi connectivity index (χ0n) is 13.1. The van der Waals surface area contributed by atoms with Crippen LogP contribution in [0.2, 0.25) is 0 Å². The lowest BCUT2D eigenvalue weighted by Crippen LogP contribution is -2.28. The smallest absolute Gasteiger partial charge is 0.275 e. The van der Waals surface area contributed by atoms with Crippen LogP contribution in [0.15, 0.2) is 41.7 Å². The van der Waals surface area contributed by atoms with Crippen molar-refractivity contribution in [1.82, 2.24) is 15.3 Å². The Balaban J connectivity index is 1.63. The van der Waals surface area contributed by atoms with E-state index < -0.39 is 0 Å². The van der Waals surface area contributed by atoms with E-state index in [4.69, 9.17) is 0 Å². The van der Waals surface area contributed by atoms with Gasteiger partial charge >= 0.3 is 0 Å². The monoisotopic (exact) mass is 328 g/mol. The summed E-state index contributed by atoms with van der Waals surface area (Å²) in [6.45, 7) is 2.14. The number of hydrogen-bond donors (Lipinski definition) is 2. The molecule has 2 aromatic rings. The van der Waals surface area contributed by atoms with Crippen LogP contribution < -0.4 is 10.6 Å². The number of nitrogens with one attached hydrogen (secondary N) is 2. The first-order valence-electron chi connectivity index (χ1n) is 7.74. The molecular weight excluding hydrogens is 308 g/mol. The van der Waals surface area contributed by atoms with E-state index >= 15 is 0 Å². The Kier molecular flexibility index (Phi) is 5.25. The maximum atomic E-state index is 12.2. The maximum absolute atomic E-state index is 12.2. The number of carbonyl (C=O) groups excluding carboxylic acids is 1. The summed E-state index contributed by atoms with van der Waals surface area (Å²) in [6, 6.07) is 8.09. The first-order chi connectivity index (χ1) is 11.3.